The van der Waals surface area contributed by atoms with Gasteiger partial charge in [0.2, 0.25) is 11.8 Å². The summed E-state index contributed by atoms with van der Waals surface area (Å²) in [7, 11) is 0. The Labute approximate surface area is 184 Å². The molecule has 166 valence electrons. The van der Waals surface area contributed by atoms with Gasteiger partial charge < -0.3 is 46.4 Å². The molecule has 0 radical (unpaired) electrons. The van der Waals surface area contributed by atoms with Crippen LogP contribution in [0.15, 0.2) is 11.0 Å². The van der Waals surface area contributed by atoms with Crippen molar-refractivity contribution in [1.82, 2.24) is 10.6 Å². The maximum Gasteiger partial charge on any atom is 0.243 e. The van der Waals surface area contributed by atoms with E-state index in [0.29, 0.717) is 0 Å². The van der Waals surface area contributed by atoms with Crippen molar-refractivity contribution in [3.8, 4) is 11.5 Å². The van der Waals surface area contributed by atoms with Crippen molar-refractivity contribution in [3.05, 3.63) is 16.1 Å². The van der Waals surface area contributed by atoms with E-state index < -0.39 is 48.1 Å². The molecule has 11 nitrogen and oxygen atoms in total. The number of benzene rings is 1. The Balaban J connectivity index is 2.90. The zero-order chi connectivity index (χ0) is 23.0. The summed E-state index contributed by atoms with van der Waals surface area (Å²) in [6.45, 7) is -0.810. The molecular weight excluding hydrogens is 465 g/mol. The van der Waals surface area contributed by atoms with Crippen LogP contribution in [0, 0.1) is 0 Å². The number of nitrogens with one attached hydrogen (secondary N) is 2. The SMILES string of the molecule is [NH3+][C@@H](CCC(=O)N[C@@H](CSc1c(O)cc(Cl)c(O)c1Cl)C(=O)NCC(=O)[O-])C(=O)[O-]. The van der Waals surface area contributed by atoms with Crippen molar-refractivity contribution in [1.29, 1.82) is 0 Å². The molecule has 0 unspecified atom stereocenters. The molecule has 0 spiro atoms. The second kappa shape index (κ2) is 11.7. The lowest BCUT2D eigenvalue weighted by Gasteiger charge is -2.19. The Hall–Kier alpha value is -2.41. The molecule has 2 atom stereocenters. The van der Waals surface area contributed by atoms with Crippen molar-refractivity contribution in [2.45, 2.75) is 29.8 Å². The van der Waals surface area contributed by atoms with Gasteiger partial charge in [-0.1, -0.05) is 23.2 Å². The van der Waals surface area contributed by atoms with Gasteiger partial charge in [0.1, 0.15) is 22.9 Å². The highest BCUT2D eigenvalue weighted by Gasteiger charge is 2.24. The van der Waals surface area contributed by atoms with E-state index in [1.54, 1.807) is 0 Å². The molecule has 1 rings (SSSR count). The van der Waals surface area contributed by atoms with Crippen molar-refractivity contribution in [2.24, 2.45) is 0 Å². The van der Waals surface area contributed by atoms with Gasteiger partial charge in [-0.25, -0.2) is 0 Å². The summed E-state index contributed by atoms with van der Waals surface area (Å²) in [6, 6.07) is -1.40. The largest absolute Gasteiger partial charge is 0.548 e. The van der Waals surface area contributed by atoms with Crippen LogP contribution in [0.2, 0.25) is 10.0 Å². The van der Waals surface area contributed by atoms with Gasteiger partial charge in [0.25, 0.3) is 0 Å². The van der Waals surface area contributed by atoms with Gasteiger partial charge in [-0.3, -0.25) is 9.59 Å². The number of hydrogen-bond acceptors (Lipinski definition) is 9. The van der Waals surface area contributed by atoms with Gasteiger partial charge in [-0.2, -0.15) is 0 Å². The molecule has 7 N–H and O–H groups in total. The molecule has 0 heterocycles. The van der Waals surface area contributed by atoms with Crippen LogP contribution in [-0.2, 0) is 19.2 Å². The molecule has 1 aromatic rings. The van der Waals surface area contributed by atoms with Gasteiger partial charge in [-0.15, -0.1) is 11.8 Å². The average Bonchev–Trinajstić information content (AvgIpc) is 2.67. The summed E-state index contributed by atoms with van der Waals surface area (Å²) in [5, 5.41) is 44.8. The van der Waals surface area contributed by atoms with Crippen LogP contribution >= 0.6 is 35.0 Å². The molecule has 0 bridgehead atoms. The zero-order valence-electron chi connectivity index (χ0n) is 15.3. The monoisotopic (exact) mass is 482 g/mol. The number of carbonyl (C=O) groups excluding carboxylic acids is 4. The minimum Gasteiger partial charge on any atom is -0.548 e. The van der Waals surface area contributed by atoms with Crippen molar-refractivity contribution in [3.63, 3.8) is 0 Å². The van der Waals surface area contributed by atoms with Crippen LogP contribution in [0.25, 0.3) is 0 Å². The van der Waals surface area contributed by atoms with Crippen LogP contribution in [0.3, 0.4) is 0 Å². The summed E-state index contributed by atoms with van der Waals surface area (Å²) in [4.78, 5) is 45.5. The van der Waals surface area contributed by atoms with E-state index in [1.165, 1.54) is 0 Å². The van der Waals surface area contributed by atoms with Gasteiger partial charge in [0, 0.05) is 24.7 Å². The highest BCUT2D eigenvalue weighted by Crippen LogP contribution is 2.44. The van der Waals surface area contributed by atoms with E-state index >= 15 is 0 Å². The van der Waals surface area contributed by atoms with Crippen LogP contribution in [0.4, 0.5) is 0 Å². The molecule has 0 aromatic heterocycles. The van der Waals surface area contributed by atoms with E-state index in [-0.39, 0.29) is 39.3 Å². The summed E-state index contributed by atoms with van der Waals surface area (Å²) >= 11 is 12.4. The van der Waals surface area contributed by atoms with Crippen LogP contribution in [-0.4, -0.2) is 58.3 Å². The van der Waals surface area contributed by atoms with Gasteiger partial charge in [-0.05, 0) is 0 Å². The molecule has 0 saturated heterocycles. The molecule has 0 fully saturated rings. The van der Waals surface area contributed by atoms with Crippen LogP contribution in [0.5, 0.6) is 11.5 Å². The van der Waals surface area contributed by atoms with Crippen molar-refractivity contribution in [2.75, 3.05) is 12.3 Å². The molecule has 2 amide bonds. The first-order valence-electron chi connectivity index (χ1n) is 8.27. The second-order valence-electron chi connectivity index (χ2n) is 5.94. The average molecular weight is 483 g/mol. The highest BCUT2D eigenvalue weighted by molar-refractivity contribution is 7.99. The normalized spacial score (nSPS) is 12.6. The maximum absolute atomic E-state index is 12.2. The van der Waals surface area contributed by atoms with Crippen molar-refractivity contribution >= 4 is 58.7 Å². The number of carboxylic acids is 2. The number of aromatic hydroxyl groups is 2. The number of halogens is 2. The highest BCUT2D eigenvalue weighted by atomic mass is 35.5. The Morgan fingerprint density at radius 1 is 1.20 bits per heavy atom. The quantitative estimate of drug-likeness (QED) is 0.160. The predicted molar refractivity (Wildman–Crippen MR) is 101 cm³/mol. The number of phenolic OH excluding ortho intramolecular Hbond substituents is 2. The summed E-state index contributed by atoms with van der Waals surface area (Å²) in [5.74, 6) is -5.68. The topological polar surface area (TPSA) is 207 Å². The summed E-state index contributed by atoms with van der Waals surface area (Å²) < 4.78 is 0. The van der Waals surface area contributed by atoms with E-state index in [4.69, 9.17) is 23.2 Å². The lowest BCUT2D eigenvalue weighted by atomic mass is 10.1. The lowest BCUT2D eigenvalue weighted by molar-refractivity contribution is -0.438. The van der Waals surface area contributed by atoms with Gasteiger partial charge >= 0.3 is 0 Å². The smallest absolute Gasteiger partial charge is 0.243 e. The van der Waals surface area contributed by atoms with E-state index in [1.807, 2.05) is 5.32 Å². The lowest BCUT2D eigenvalue weighted by Crippen LogP contribution is -2.68. The van der Waals surface area contributed by atoms with E-state index in [2.05, 4.69) is 11.1 Å². The van der Waals surface area contributed by atoms with Crippen LogP contribution < -0.4 is 26.6 Å². The molecule has 1 aromatic carbocycles. The number of aliphatic carboxylic acids is 2. The Bertz CT molecular complexity index is 839. The maximum atomic E-state index is 12.2. The standard InChI is InChI=1S/C16H19Cl2N3O8S/c17-6-3-9(22)14(12(18)13(6)26)30-5-8(15(27)20-4-11(24)25)21-10(23)2-1-7(19)16(28)29/h3,7-8,22,26H,1-2,4-5,19H2,(H,20,27)(H,21,23)(H,24,25)(H,28,29)/p-1/t7-,8-/m0/s1. The summed E-state index contributed by atoms with van der Waals surface area (Å²) in [6.07, 6.45) is -0.433. The second-order valence-corrected chi connectivity index (χ2v) is 7.76. The molecule has 14 heteroatoms. The third-order valence-corrected chi connectivity index (χ3v) is 5.61. The third-order valence-electron chi connectivity index (χ3n) is 3.64. The minimum atomic E-state index is -1.56. The van der Waals surface area contributed by atoms with E-state index in [0.717, 1.165) is 17.8 Å². The summed E-state index contributed by atoms with van der Waals surface area (Å²) in [5.41, 5.74) is 3.31. The molecule has 0 aliphatic heterocycles. The molecule has 0 aliphatic carbocycles. The van der Waals surface area contributed by atoms with Gasteiger partial charge in [0.15, 0.2) is 5.75 Å². The molecule has 30 heavy (non-hydrogen) atoms. The number of carboxylic acid groups (broad SMARTS) is 2. The fourth-order valence-corrected chi connectivity index (χ4v) is 3.64. The first-order chi connectivity index (χ1) is 13.9. The number of carbonyl (C=O) groups is 4. The van der Waals surface area contributed by atoms with Crippen LogP contribution in [0.1, 0.15) is 12.8 Å². The number of quaternary nitrogens is 1. The molecule has 0 aliphatic rings. The number of rotatable bonds is 11. The first-order valence-corrected chi connectivity index (χ1v) is 10.0. The fraction of sp³-hybridized carbons (Fsp3) is 0.375. The number of phenols is 2. The fourth-order valence-electron chi connectivity index (χ4n) is 2.04. The Morgan fingerprint density at radius 2 is 1.83 bits per heavy atom. The molecule has 0 saturated carbocycles. The van der Waals surface area contributed by atoms with Gasteiger partial charge in [0.05, 0.1) is 28.4 Å². The van der Waals surface area contributed by atoms with E-state index in [9.17, 15) is 39.6 Å². The zero-order valence-corrected chi connectivity index (χ0v) is 17.6. The van der Waals surface area contributed by atoms with Crippen molar-refractivity contribution < 1.29 is 45.3 Å². The first kappa shape index (κ1) is 25.6. The number of amides is 2. The Morgan fingerprint density at radius 3 is 2.40 bits per heavy atom. The number of thioether (sulfide) groups is 1. The molecular formula is C16H18Cl2N3O8S-. The minimum absolute atomic E-state index is 0.0275. The predicted octanol–water partition coefficient (Wildman–Crippen LogP) is -3.01. The Kier molecular flexibility index (Phi) is 9.99. The number of hydrogen-bond donors (Lipinski definition) is 5. The third kappa shape index (κ3) is 7.78.